The largest absolute Gasteiger partial charge is 0.389 e. The smallest absolute Gasteiger partial charge is 0.145 e. The topological polar surface area (TPSA) is 49.8 Å². The summed E-state index contributed by atoms with van der Waals surface area (Å²) in [6, 6.07) is 0. The van der Waals surface area contributed by atoms with E-state index in [1.807, 2.05) is 6.92 Å². The number of hydrogen-bond donors (Lipinski definition) is 1. The zero-order chi connectivity index (χ0) is 17.1. The van der Waals surface area contributed by atoms with Gasteiger partial charge >= 0.3 is 0 Å². The molecule has 0 aromatic heterocycles. The molecule has 1 aliphatic carbocycles. The summed E-state index contributed by atoms with van der Waals surface area (Å²) in [5, 5.41) is 10.0. The molecule has 1 aliphatic heterocycles. The number of epoxide rings is 1. The lowest BCUT2D eigenvalue weighted by molar-refractivity contribution is -0.105. The van der Waals surface area contributed by atoms with E-state index in [4.69, 9.17) is 4.74 Å². The molecule has 1 fully saturated rings. The van der Waals surface area contributed by atoms with Crippen LogP contribution in [0.4, 0.5) is 0 Å². The van der Waals surface area contributed by atoms with Gasteiger partial charge in [0.25, 0.3) is 0 Å². The number of aliphatic hydroxyl groups excluding tert-OH is 1. The highest BCUT2D eigenvalue weighted by Gasteiger charge is 2.50. The number of fused-ring (bicyclic) bond motifs is 1. The number of aliphatic hydroxyl groups is 1. The van der Waals surface area contributed by atoms with Crippen molar-refractivity contribution in [2.75, 3.05) is 0 Å². The Bertz CT molecular complexity index is 519. The van der Waals surface area contributed by atoms with Crippen LogP contribution in [0.2, 0.25) is 0 Å². The summed E-state index contributed by atoms with van der Waals surface area (Å²) in [6.45, 7) is 10.0. The summed E-state index contributed by atoms with van der Waals surface area (Å²) >= 11 is 0. The molecule has 4 atom stereocenters. The van der Waals surface area contributed by atoms with E-state index in [0.717, 1.165) is 49.5 Å². The molecule has 0 aromatic carbocycles. The number of carbonyl (C=O) groups is 1. The maximum atomic E-state index is 11.3. The van der Waals surface area contributed by atoms with Gasteiger partial charge in [0.2, 0.25) is 0 Å². The minimum Gasteiger partial charge on any atom is -0.389 e. The van der Waals surface area contributed by atoms with Crippen LogP contribution in [0.1, 0.15) is 59.3 Å². The summed E-state index contributed by atoms with van der Waals surface area (Å²) in [6.07, 6.45) is 12.3. The molecular weight excluding hydrogens is 288 g/mol. The lowest BCUT2D eigenvalue weighted by atomic mass is 9.79. The SMILES string of the molecule is C=C(C)C(O)CC[C@]1(C)/C=C\C[C@]2(C)O[C@H]2CC/C(C=O)=C\C1. The molecule has 3 heteroatoms. The van der Waals surface area contributed by atoms with E-state index in [1.165, 1.54) is 0 Å². The number of rotatable bonds is 5. The second-order valence-electron chi connectivity index (χ2n) is 7.72. The number of carbonyl (C=O) groups excluding carboxylic acids is 1. The molecular formula is C20H30O3. The Morgan fingerprint density at radius 1 is 1.52 bits per heavy atom. The van der Waals surface area contributed by atoms with Crippen molar-refractivity contribution in [1.82, 2.24) is 0 Å². The molecule has 2 aliphatic rings. The van der Waals surface area contributed by atoms with Gasteiger partial charge in [-0.25, -0.2) is 0 Å². The molecule has 0 saturated carbocycles. The highest BCUT2D eigenvalue weighted by molar-refractivity contribution is 5.73. The van der Waals surface area contributed by atoms with Gasteiger partial charge in [0.15, 0.2) is 0 Å². The summed E-state index contributed by atoms with van der Waals surface area (Å²) in [4.78, 5) is 11.3. The lowest BCUT2D eigenvalue weighted by Gasteiger charge is -2.26. The number of hydrogen-bond acceptors (Lipinski definition) is 3. The zero-order valence-corrected chi connectivity index (χ0v) is 14.7. The minimum atomic E-state index is -0.457. The molecule has 2 rings (SSSR count). The average molecular weight is 318 g/mol. The van der Waals surface area contributed by atoms with Crippen LogP contribution < -0.4 is 0 Å². The molecule has 23 heavy (non-hydrogen) atoms. The third kappa shape index (κ3) is 4.89. The lowest BCUT2D eigenvalue weighted by Crippen LogP contribution is -2.18. The normalized spacial score (nSPS) is 39.1. The maximum Gasteiger partial charge on any atom is 0.145 e. The summed E-state index contributed by atoms with van der Waals surface area (Å²) < 4.78 is 5.82. The Hall–Kier alpha value is -1.19. The molecule has 1 saturated heterocycles. The molecule has 0 spiro atoms. The molecule has 1 unspecified atom stereocenters. The van der Waals surface area contributed by atoms with Crippen molar-refractivity contribution in [2.45, 2.75) is 77.1 Å². The fraction of sp³-hybridized carbons (Fsp3) is 0.650. The first-order chi connectivity index (χ1) is 10.8. The predicted molar refractivity (Wildman–Crippen MR) is 93.2 cm³/mol. The van der Waals surface area contributed by atoms with Gasteiger partial charge in [-0.3, -0.25) is 4.79 Å². The van der Waals surface area contributed by atoms with E-state index in [-0.39, 0.29) is 17.1 Å². The first-order valence-corrected chi connectivity index (χ1v) is 8.61. The molecule has 1 N–H and O–H groups in total. The minimum absolute atomic E-state index is 0.0597. The first kappa shape index (κ1) is 18.2. The maximum absolute atomic E-state index is 11.3. The summed E-state index contributed by atoms with van der Waals surface area (Å²) in [5.41, 5.74) is 1.55. The van der Waals surface area contributed by atoms with E-state index in [1.54, 1.807) is 0 Å². The van der Waals surface area contributed by atoms with E-state index in [2.05, 4.69) is 38.7 Å². The Morgan fingerprint density at radius 2 is 2.26 bits per heavy atom. The van der Waals surface area contributed by atoms with Crippen LogP contribution in [0.25, 0.3) is 0 Å². The molecule has 0 amide bonds. The molecule has 128 valence electrons. The van der Waals surface area contributed by atoms with Crippen molar-refractivity contribution >= 4 is 6.29 Å². The Balaban J connectivity index is 2.12. The van der Waals surface area contributed by atoms with Crippen LogP contribution in [0.15, 0.2) is 36.0 Å². The van der Waals surface area contributed by atoms with Gasteiger partial charge in [-0.1, -0.05) is 37.3 Å². The van der Waals surface area contributed by atoms with Crippen molar-refractivity contribution in [3.05, 3.63) is 36.0 Å². The van der Waals surface area contributed by atoms with Crippen molar-refractivity contribution in [2.24, 2.45) is 5.41 Å². The van der Waals surface area contributed by atoms with Crippen molar-refractivity contribution in [1.29, 1.82) is 0 Å². The zero-order valence-electron chi connectivity index (χ0n) is 14.7. The third-order valence-electron chi connectivity index (χ3n) is 5.31. The van der Waals surface area contributed by atoms with Crippen LogP contribution in [0.5, 0.6) is 0 Å². The van der Waals surface area contributed by atoms with Crippen LogP contribution >= 0.6 is 0 Å². The molecule has 1 heterocycles. The average Bonchev–Trinajstić information content (AvgIpc) is 3.14. The highest BCUT2D eigenvalue weighted by atomic mass is 16.6. The van der Waals surface area contributed by atoms with Crippen molar-refractivity contribution in [3.63, 3.8) is 0 Å². The molecule has 0 aromatic rings. The van der Waals surface area contributed by atoms with E-state index < -0.39 is 6.10 Å². The molecule has 3 nitrogen and oxygen atoms in total. The van der Waals surface area contributed by atoms with E-state index in [9.17, 15) is 9.90 Å². The quantitative estimate of drug-likeness (QED) is 0.471. The van der Waals surface area contributed by atoms with Gasteiger partial charge in [0.05, 0.1) is 17.8 Å². The fourth-order valence-corrected chi connectivity index (χ4v) is 3.25. The monoisotopic (exact) mass is 318 g/mol. The van der Waals surface area contributed by atoms with Crippen LogP contribution in [-0.2, 0) is 9.53 Å². The van der Waals surface area contributed by atoms with E-state index in [0.29, 0.717) is 6.42 Å². The standard InChI is InChI=1S/C20H30O3/c1-15(2)17(22)9-13-19(3)10-5-11-20(4)18(23-20)7-6-16(14-21)8-12-19/h5,8,10,14,17-18,22H,1,6-7,9,11-13H2,2-4H3/b10-5-,16-8+/t17?,18-,19+,20-/m0/s1. The predicted octanol–water partition coefficient (Wildman–Crippen LogP) is 4.12. The van der Waals surface area contributed by atoms with Crippen LogP contribution in [0, 0.1) is 5.41 Å². The van der Waals surface area contributed by atoms with Crippen molar-refractivity contribution < 1.29 is 14.6 Å². The molecule has 0 bridgehead atoms. The van der Waals surface area contributed by atoms with Crippen LogP contribution in [-0.4, -0.2) is 29.2 Å². The summed E-state index contributed by atoms with van der Waals surface area (Å²) in [5.74, 6) is 0. The van der Waals surface area contributed by atoms with Gasteiger partial charge in [-0.15, -0.1) is 0 Å². The number of allylic oxidation sites excluding steroid dienone is 3. The second kappa shape index (κ2) is 7.14. The number of aldehydes is 1. The van der Waals surface area contributed by atoms with Gasteiger partial charge in [-0.2, -0.15) is 0 Å². The van der Waals surface area contributed by atoms with Gasteiger partial charge < -0.3 is 9.84 Å². The highest BCUT2D eigenvalue weighted by Crippen LogP contribution is 2.44. The van der Waals surface area contributed by atoms with Crippen molar-refractivity contribution in [3.8, 4) is 0 Å². The Morgan fingerprint density at radius 3 is 2.91 bits per heavy atom. The Labute approximate surface area is 140 Å². The summed E-state index contributed by atoms with van der Waals surface area (Å²) in [7, 11) is 0. The molecule has 0 radical (unpaired) electrons. The second-order valence-corrected chi connectivity index (χ2v) is 7.72. The third-order valence-corrected chi connectivity index (χ3v) is 5.31. The fourth-order valence-electron chi connectivity index (χ4n) is 3.25. The van der Waals surface area contributed by atoms with E-state index >= 15 is 0 Å². The van der Waals surface area contributed by atoms with Gasteiger partial charge in [0, 0.05) is 0 Å². The van der Waals surface area contributed by atoms with Gasteiger partial charge in [0.1, 0.15) is 6.29 Å². The van der Waals surface area contributed by atoms with Gasteiger partial charge in [-0.05, 0) is 63.4 Å². The Kier molecular flexibility index (Phi) is 5.64. The van der Waals surface area contributed by atoms with Crippen LogP contribution in [0.3, 0.4) is 0 Å². The first-order valence-electron chi connectivity index (χ1n) is 8.61. The number of ether oxygens (including phenoxy) is 1.